The van der Waals surface area contributed by atoms with Crippen molar-refractivity contribution in [2.24, 2.45) is 4.99 Å². The smallest absolute Gasteiger partial charge is 0.363 e. The highest BCUT2D eigenvalue weighted by atomic mass is 127. The molecule has 0 saturated carbocycles. The number of non-ortho nitro benzene ring substituents is 2. The second-order valence-corrected chi connectivity index (χ2v) is 8.55. The zero-order valence-corrected chi connectivity index (χ0v) is 20.7. The molecule has 182 valence electrons. The van der Waals surface area contributed by atoms with Crippen LogP contribution in [-0.2, 0) is 16.1 Å². The fourth-order valence-electron chi connectivity index (χ4n) is 3.29. The van der Waals surface area contributed by atoms with Gasteiger partial charge in [-0.1, -0.05) is 12.1 Å². The minimum Gasteiger partial charge on any atom is -0.493 e. The minimum atomic E-state index is -0.664. The summed E-state index contributed by atoms with van der Waals surface area (Å²) in [5.41, 5.74) is 1.57. The fraction of sp³-hybridized carbons (Fsp3) is 0.0833. The van der Waals surface area contributed by atoms with E-state index in [0.29, 0.717) is 31.8 Å². The number of carbonyl (C=O) groups is 1. The van der Waals surface area contributed by atoms with Gasteiger partial charge >= 0.3 is 5.97 Å². The van der Waals surface area contributed by atoms with Gasteiger partial charge in [-0.05, 0) is 64.1 Å². The molecule has 3 aromatic rings. The topological polar surface area (TPSA) is 143 Å². The zero-order valence-electron chi connectivity index (χ0n) is 18.5. The van der Waals surface area contributed by atoms with Crippen LogP contribution in [0.2, 0.25) is 0 Å². The number of esters is 1. The molecule has 0 aliphatic carbocycles. The Kier molecular flexibility index (Phi) is 7.24. The largest absolute Gasteiger partial charge is 0.493 e. The molecule has 0 fully saturated rings. The van der Waals surface area contributed by atoms with Gasteiger partial charge in [0.25, 0.3) is 11.4 Å². The summed E-state index contributed by atoms with van der Waals surface area (Å²) < 4.78 is 17.2. The molecule has 4 rings (SSSR count). The number of nitrogens with zero attached hydrogens (tertiary/aromatic N) is 3. The molecule has 0 aromatic heterocycles. The SMILES string of the molecule is COc1cc(/C=C2\N=C(c3ccc([N+](=O)[O-])cc3)OC2=O)cc(I)c1OCc1cccc([N+](=O)[O-])c1. The second-order valence-electron chi connectivity index (χ2n) is 7.39. The number of rotatable bonds is 8. The van der Waals surface area contributed by atoms with Crippen LogP contribution in [0.5, 0.6) is 11.5 Å². The molecule has 0 radical (unpaired) electrons. The van der Waals surface area contributed by atoms with Crippen LogP contribution in [0, 0.1) is 23.8 Å². The third kappa shape index (κ3) is 5.49. The number of ether oxygens (including phenoxy) is 3. The van der Waals surface area contributed by atoms with Crippen molar-refractivity contribution in [3.8, 4) is 11.5 Å². The highest BCUT2D eigenvalue weighted by Crippen LogP contribution is 2.36. The van der Waals surface area contributed by atoms with Gasteiger partial charge in [0, 0.05) is 29.8 Å². The van der Waals surface area contributed by atoms with Gasteiger partial charge in [0.05, 0.1) is 20.5 Å². The number of cyclic esters (lactones) is 1. The number of nitro groups is 2. The predicted octanol–water partition coefficient (Wildman–Crippen LogP) is 5.04. The van der Waals surface area contributed by atoms with Gasteiger partial charge in [-0.15, -0.1) is 0 Å². The monoisotopic (exact) mass is 601 g/mol. The maximum atomic E-state index is 12.4. The Hall–Kier alpha value is -4.33. The summed E-state index contributed by atoms with van der Waals surface area (Å²) in [6.45, 7) is 0.0870. The zero-order chi connectivity index (χ0) is 25.8. The van der Waals surface area contributed by atoms with Crippen LogP contribution in [0.25, 0.3) is 6.08 Å². The third-order valence-electron chi connectivity index (χ3n) is 5.01. The van der Waals surface area contributed by atoms with Crippen molar-refractivity contribution in [3.63, 3.8) is 0 Å². The lowest BCUT2D eigenvalue weighted by Crippen LogP contribution is -2.05. The van der Waals surface area contributed by atoms with Crippen LogP contribution < -0.4 is 9.47 Å². The maximum Gasteiger partial charge on any atom is 0.363 e. The van der Waals surface area contributed by atoms with E-state index in [2.05, 4.69) is 27.6 Å². The van der Waals surface area contributed by atoms with E-state index in [1.54, 1.807) is 24.3 Å². The van der Waals surface area contributed by atoms with Gasteiger partial charge in [-0.3, -0.25) is 20.2 Å². The van der Waals surface area contributed by atoms with Gasteiger partial charge in [0.15, 0.2) is 17.2 Å². The maximum absolute atomic E-state index is 12.4. The first-order valence-corrected chi connectivity index (χ1v) is 11.3. The quantitative estimate of drug-likeness (QED) is 0.115. The van der Waals surface area contributed by atoms with Crippen LogP contribution in [0.1, 0.15) is 16.7 Å². The Labute approximate surface area is 217 Å². The average molecular weight is 601 g/mol. The summed E-state index contributed by atoms with van der Waals surface area (Å²) in [7, 11) is 1.47. The summed E-state index contributed by atoms with van der Waals surface area (Å²) in [5, 5.41) is 21.8. The molecule has 36 heavy (non-hydrogen) atoms. The van der Waals surface area contributed by atoms with E-state index < -0.39 is 15.8 Å². The van der Waals surface area contributed by atoms with Crippen molar-refractivity contribution in [2.45, 2.75) is 6.61 Å². The molecule has 12 heteroatoms. The van der Waals surface area contributed by atoms with Gasteiger partial charge in [-0.25, -0.2) is 9.79 Å². The fourth-order valence-corrected chi connectivity index (χ4v) is 4.08. The standard InChI is InChI=1S/C24H16IN3O8/c1-34-21-12-15(10-19(25)22(21)35-13-14-3-2-4-18(9-14)28(32)33)11-20-24(29)36-23(26-20)16-5-7-17(8-6-16)27(30)31/h2-12H,13H2,1H3/b20-11-. The molecule has 0 spiro atoms. The Morgan fingerprint density at radius 2 is 1.75 bits per heavy atom. The molecule has 11 nitrogen and oxygen atoms in total. The highest BCUT2D eigenvalue weighted by Gasteiger charge is 2.25. The number of carbonyl (C=O) groups excluding carboxylic acids is 1. The van der Waals surface area contributed by atoms with E-state index in [9.17, 15) is 25.0 Å². The molecule has 0 bridgehead atoms. The first-order valence-electron chi connectivity index (χ1n) is 10.3. The summed E-state index contributed by atoms with van der Waals surface area (Å²) >= 11 is 2.06. The van der Waals surface area contributed by atoms with Crippen molar-refractivity contribution in [2.75, 3.05) is 7.11 Å². The number of halogens is 1. The predicted molar refractivity (Wildman–Crippen MR) is 137 cm³/mol. The number of hydrogen-bond donors (Lipinski definition) is 0. The molecule has 0 saturated heterocycles. The molecule has 1 aliphatic heterocycles. The molecule has 0 amide bonds. The Balaban J connectivity index is 1.56. The summed E-state index contributed by atoms with van der Waals surface area (Å²) in [6, 6.07) is 15.1. The van der Waals surface area contributed by atoms with E-state index in [1.807, 2.05) is 0 Å². The summed E-state index contributed by atoms with van der Waals surface area (Å²) in [5.74, 6) is 0.212. The molecular weight excluding hydrogens is 585 g/mol. The van der Waals surface area contributed by atoms with Crippen LogP contribution in [0.3, 0.4) is 0 Å². The van der Waals surface area contributed by atoms with Crippen molar-refractivity contribution in [1.82, 2.24) is 0 Å². The molecule has 0 atom stereocenters. The van der Waals surface area contributed by atoms with Crippen LogP contribution in [0.4, 0.5) is 11.4 Å². The van der Waals surface area contributed by atoms with Crippen molar-refractivity contribution >= 4 is 51.9 Å². The lowest BCUT2D eigenvalue weighted by Gasteiger charge is -2.13. The van der Waals surface area contributed by atoms with Crippen LogP contribution >= 0.6 is 22.6 Å². The highest BCUT2D eigenvalue weighted by molar-refractivity contribution is 14.1. The van der Waals surface area contributed by atoms with E-state index in [0.717, 1.165) is 0 Å². The van der Waals surface area contributed by atoms with E-state index in [4.69, 9.17) is 14.2 Å². The molecule has 1 aliphatic rings. The Bertz CT molecular complexity index is 1430. The molecular formula is C24H16IN3O8. The summed E-state index contributed by atoms with van der Waals surface area (Å²) in [6.07, 6.45) is 1.52. The molecule has 0 unspecified atom stereocenters. The molecule has 0 N–H and O–H groups in total. The van der Waals surface area contributed by atoms with Crippen LogP contribution in [0.15, 0.2) is 71.4 Å². The minimum absolute atomic E-state index is 0.0307. The number of hydrogen-bond acceptors (Lipinski definition) is 9. The Morgan fingerprint density at radius 1 is 1.03 bits per heavy atom. The van der Waals surface area contributed by atoms with Gasteiger partial charge < -0.3 is 14.2 Å². The Morgan fingerprint density at radius 3 is 2.42 bits per heavy atom. The van der Waals surface area contributed by atoms with E-state index in [1.165, 1.54) is 49.6 Å². The molecule has 1 heterocycles. The van der Waals surface area contributed by atoms with Crippen molar-refractivity contribution in [1.29, 1.82) is 0 Å². The lowest BCUT2D eigenvalue weighted by atomic mass is 10.1. The number of nitro benzene ring substituents is 2. The average Bonchev–Trinajstić information content (AvgIpc) is 3.23. The van der Waals surface area contributed by atoms with Gasteiger partial charge in [0.2, 0.25) is 5.90 Å². The first kappa shape index (κ1) is 24.8. The number of benzene rings is 3. The van der Waals surface area contributed by atoms with Gasteiger partial charge in [0.1, 0.15) is 6.61 Å². The van der Waals surface area contributed by atoms with Crippen LogP contribution in [-0.4, -0.2) is 28.8 Å². The van der Waals surface area contributed by atoms with Crippen molar-refractivity contribution in [3.05, 3.63) is 107 Å². The van der Waals surface area contributed by atoms with Gasteiger partial charge in [-0.2, -0.15) is 0 Å². The number of aliphatic imine (C=N–C) groups is 1. The summed E-state index contributed by atoms with van der Waals surface area (Å²) in [4.78, 5) is 37.4. The third-order valence-corrected chi connectivity index (χ3v) is 5.81. The number of methoxy groups -OCH3 is 1. The normalized spacial score (nSPS) is 13.8. The van der Waals surface area contributed by atoms with E-state index in [-0.39, 0.29) is 29.6 Å². The lowest BCUT2D eigenvalue weighted by molar-refractivity contribution is -0.385. The molecule has 3 aromatic carbocycles. The van der Waals surface area contributed by atoms with E-state index >= 15 is 0 Å². The van der Waals surface area contributed by atoms with Crippen molar-refractivity contribution < 1.29 is 28.9 Å². The second kappa shape index (κ2) is 10.5. The first-order chi connectivity index (χ1) is 17.2.